The van der Waals surface area contributed by atoms with Crippen molar-refractivity contribution in [3.8, 4) is 0 Å². The van der Waals surface area contributed by atoms with Crippen LogP contribution in [-0.2, 0) is 16.3 Å². The first-order valence-corrected chi connectivity index (χ1v) is 9.81. The van der Waals surface area contributed by atoms with E-state index in [0.29, 0.717) is 6.42 Å². The standard InChI is InChI=1S/C21H21NO2S/c22-20(12-10-17-6-2-1-3-7-17)14-15-25(23,24)21-13-11-18-8-4-5-9-19(18)16-21/h1-9,11,13-16,20H,10,12,22H2/b15-14+/t20-/m0/s1. The molecule has 0 unspecified atom stereocenters. The van der Waals surface area contributed by atoms with E-state index in [1.165, 1.54) is 11.0 Å². The van der Waals surface area contributed by atoms with Gasteiger partial charge < -0.3 is 5.73 Å². The van der Waals surface area contributed by atoms with Gasteiger partial charge in [0.1, 0.15) is 0 Å². The molecule has 0 saturated carbocycles. The van der Waals surface area contributed by atoms with E-state index in [1.54, 1.807) is 18.2 Å². The third-order valence-corrected chi connectivity index (χ3v) is 5.59. The van der Waals surface area contributed by atoms with E-state index >= 15 is 0 Å². The number of rotatable bonds is 6. The summed E-state index contributed by atoms with van der Waals surface area (Å²) in [7, 11) is -3.49. The molecule has 3 nitrogen and oxygen atoms in total. The number of hydrogen-bond donors (Lipinski definition) is 1. The normalized spacial score (nSPS) is 13.3. The van der Waals surface area contributed by atoms with E-state index in [1.807, 2.05) is 60.7 Å². The minimum Gasteiger partial charge on any atom is -0.324 e. The summed E-state index contributed by atoms with van der Waals surface area (Å²) in [5, 5.41) is 3.16. The van der Waals surface area contributed by atoms with Crippen LogP contribution in [0.15, 0.2) is 89.2 Å². The lowest BCUT2D eigenvalue weighted by Gasteiger charge is -2.07. The first kappa shape index (κ1) is 17.4. The Kier molecular flexibility index (Phi) is 5.31. The topological polar surface area (TPSA) is 60.2 Å². The fourth-order valence-electron chi connectivity index (χ4n) is 2.70. The monoisotopic (exact) mass is 351 g/mol. The minimum atomic E-state index is -3.49. The highest BCUT2D eigenvalue weighted by Crippen LogP contribution is 2.20. The zero-order valence-corrected chi connectivity index (χ0v) is 14.7. The number of benzene rings is 3. The van der Waals surface area contributed by atoms with Crippen LogP contribution in [0.3, 0.4) is 0 Å². The van der Waals surface area contributed by atoms with Crippen LogP contribution in [0, 0.1) is 0 Å². The minimum absolute atomic E-state index is 0.290. The lowest BCUT2D eigenvalue weighted by Crippen LogP contribution is -2.18. The van der Waals surface area contributed by atoms with Crippen LogP contribution in [0.5, 0.6) is 0 Å². The molecule has 3 aromatic rings. The molecule has 0 aliphatic rings. The Morgan fingerprint density at radius 1 is 0.880 bits per heavy atom. The van der Waals surface area contributed by atoms with Crippen LogP contribution in [0.4, 0.5) is 0 Å². The van der Waals surface area contributed by atoms with Crippen molar-refractivity contribution in [1.29, 1.82) is 0 Å². The Balaban J connectivity index is 1.69. The van der Waals surface area contributed by atoms with Crippen LogP contribution in [0.25, 0.3) is 10.8 Å². The van der Waals surface area contributed by atoms with Crippen molar-refractivity contribution < 1.29 is 8.42 Å². The number of fused-ring (bicyclic) bond motifs is 1. The van der Waals surface area contributed by atoms with Gasteiger partial charge in [-0.2, -0.15) is 0 Å². The third kappa shape index (κ3) is 4.56. The number of nitrogens with two attached hydrogens (primary N) is 1. The quantitative estimate of drug-likeness (QED) is 0.728. The summed E-state index contributed by atoms with van der Waals surface area (Å²) < 4.78 is 25.0. The van der Waals surface area contributed by atoms with E-state index in [-0.39, 0.29) is 10.9 Å². The number of aryl methyl sites for hydroxylation is 1. The lowest BCUT2D eigenvalue weighted by molar-refractivity contribution is 0.604. The van der Waals surface area contributed by atoms with Crippen LogP contribution in [-0.4, -0.2) is 14.5 Å². The third-order valence-electron chi connectivity index (χ3n) is 4.16. The molecule has 4 heteroatoms. The van der Waals surface area contributed by atoms with E-state index in [4.69, 9.17) is 5.73 Å². The lowest BCUT2D eigenvalue weighted by atomic mass is 10.1. The van der Waals surface area contributed by atoms with Crippen molar-refractivity contribution in [1.82, 2.24) is 0 Å². The molecule has 3 rings (SSSR count). The Morgan fingerprint density at radius 3 is 2.32 bits per heavy atom. The zero-order valence-electron chi connectivity index (χ0n) is 13.9. The largest absolute Gasteiger partial charge is 0.324 e. The van der Waals surface area contributed by atoms with Gasteiger partial charge in [-0.25, -0.2) is 8.42 Å². The molecule has 0 heterocycles. The summed E-state index contributed by atoms with van der Waals surface area (Å²) in [6.07, 6.45) is 3.10. The van der Waals surface area contributed by atoms with Crippen molar-refractivity contribution in [3.05, 3.63) is 89.8 Å². The second-order valence-corrected chi connectivity index (χ2v) is 7.90. The van der Waals surface area contributed by atoms with Crippen molar-refractivity contribution in [2.75, 3.05) is 0 Å². The molecule has 0 spiro atoms. The SMILES string of the molecule is N[C@H](/C=C/S(=O)(=O)c1ccc2ccccc2c1)CCc1ccccc1. The van der Waals surface area contributed by atoms with Crippen molar-refractivity contribution in [3.63, 3.8) is 0 Å². The highest BCUT2D eigenvalue weighted by atomic mass is 32.2. The fraction of sp³-hybridized carbons (Fsp3) is 0.143. The summed E-state index contributed by atoms with van der Waals surface area (Å²) in [5.41, 5.74) is 7.24. The highest BCUT2D eigenvalue weighted by Gasteiger charge is 2.11. The summed E-state index contributed by atoms with van der Waals surface area (Å²) >= 11 is 0. The van der Waals surface area contributed by atoms with Gasteiger partial charge >= 0.3 is 0 Å². The molecular formula is C21H21NO2S. The molecular weight excluding hydrogens is 330 g/mol. The second-order valence-electron chi connectivity index (χ2n) is 6.07. The predicted molar refractivity (Wildman–Crippen MR) is 103 cm³/mol. The molecule has 0 aromatic heterocycles. The van der Waals surface area contributed by atoms with Gasteiger partial charge in [-0.1, -0.05) is 66.7 Å². The average Bonchev–Trinajstić information content (AvgIpc) is 2.65. The Labute approximate surface area is 148 Å². The highest BCUT2D eigenvalue weighted by molar-refractivity contribution is 7.94. The molecule has 0 aliphatic carbocycles. The summed E-state index contributed by atoms with van der Waals surface area (Å²) in [6, 6.07) is 22.6. The zero-order chi connectivity index (χ0) is 17.7. The van der Waals surface area contributed by atoms with Gasteiger partial charge in [0.15, 0.2) is 9.84 Å². The van der Waals surface area contributed by atoms with Gasteiger partial charge in [0.25, 0.3) is 0 Å². The summed E-state index contributed by atoms with van der Waals surface area (Å²) in [5.74, 6) is 0. The number of hydrogen-bond acceptors (Lipinski definition) is 3. The smallest absolute Gasteiger partial charge is 0.199 e. The number of sulfone groups is 1. The maximum Gasteiger partial charge on any atom is 0.199 e. The van der Waals surface area contributed by atoms with Gasteiger partial charge in [0, 0.05) is 11.4 Å². The van der Waals surface area contributed by atoms with E-state index in [0.717, 1.165) is 17.2 Å². The summed E-state index contributed by atoms with van der Waals surface area (Å²) in [4.78, 5) is 0.290. The molecule has 1 atom stereocenters. The van der Waals surface area contributed by atoms with E-state index < -0.39 is 9.84 Å². The molecule has 25 heavy (non-hydrogen) atoms. The van der Waals surface area contributed by atoms with Crippen molar-refractivity contribution >= 4 is 20.6 Å². The van der Waals surface area contributed by atoms with Crippen molar-refractivity contribution in [2.24, 2.45) is 5.73 Å². The average molecular weight is 351 g/mol. The Hall–Kier alpha value is -2.43. The maximum atomic E-state index is 12.5. The Bertz CT molecular complexity index is 979. The Morgan fingerprint density at radius 2 is 1.56 bits per heavy atom. The first-order chi connectivity index (χ1) is 12.0. The molecule has 0 saturated heterocycles. The first-order valence-electron chi connectivity index (χ1n) is 8.26. The summed E-state index contributed by atoms with van der Waals surface area (Å²) in [6.45, 7) is 0. The fourth-order valence-corrected chi connectivity index (χ4v) is 3.82. The molecule has 128 valence electrons. The van der Waals surface area contributed by atoms with E-state index in [2.05, 4.69) is 0 Å². The molecule has 2 N–H and O–H groups in total. The molecule has 3 aromatic carbocycles. The molecule has 0 fully saturated rings. The van der Waals surface area contributed by atoms with Crippen molar-refractivity contribution in [2.45, 2.75) is 23.8 Å². The predicted octanol–water partition coefficient (Wildman–Crippen LogP) is 4.09. The van der Waals surface area contributed by atoms with Crippen LogP contribution >= 0.6 is 0 Å². The molecule has 0 radical (unpaired) electrons. The second kappa shape index (κ2) is 7.64. The van der Waals surface area contributed by atoms with Gasteiger partial charge in [-0.05, 0) is 41.3 Å². The van der Waals surface area contributed by atoms with Gasteiger partial charge in [-0.3, -0.25) is 0 Å². The van der Waals surface area contributed by atoms with Crippen LogP contribution < -0.4 is 5.73 Å². The molecule has 0 amide bonds. The maximum absolute atomic E-state index is 12.5. The van der Waals surface area contributed by atoms with Gasteiger partial charge in [0.05, 0.1) is 4.90 Å². The van der Waals surface area contributed by atoms with Crippen LogP contribution in [0.1, 0.15) is 12.0 Å². The van der Waals surface area contributed by atoms with Gasteiger partial charge in [0.2, 0.25) is 0 Å². The molecule has 0 aliphatic heterocycles. The van der Waals surface area contributed by atoms with Crippen LogP contribution in [0.2, 0.25) is 0 Å². The van der Waals surface area contributed by atoms with E-state index in [9.17, 15) is 8.42 Å². The van der Waals surface area contributed by atoms with Gasteiger partial charge in [-0.15, -0.1) is 0 Å². The molecule has 0 bridgehead atoms.